The van der Waals surface area contributed by atoms with Gasteiger partial charge in [0, 0.05) is 39.4 Å². The normalized spacial score (nSPS) is 22.1. The van der Waals surface area contributed by atoms with E-state index in [1.165, 1.54) is 32.1 Å². The van der Waals surface area contributed by atoms with Crippen LogP contribution >= 0.6 is 0 Å². The number of methoxy groups -OCH3 is 1. The van der Waals surface area contributed by atoms with Crippen LogP contribution in [-0.2, 0) is 16.0 Å². The van der Waals surface area contributed by atoms with Gasteiger partial charge in [0.25, 0.3) is 0 Å². The molecule has 2 aliphatic rings. The molecule has 7 heteroatoms. The van der Waals surface area contributed by atoms with Gasteiger partial charge in [0.15, 0.2) is 0 Å². The molecular weight excluding hydrogens is 320 g/mol. The van der Waals surface area contributed by atoms with Gasteiger partial charge < -0.3 is 14.4 Å². The highest BCUT2D eigenvalue weighted by Crippen LogP contribution is 2.26. The maximum atomic E-state index is 12.6. The summed E-state index contributed by atoms with van der Waals surface area (Å²) in [5.41, 5.74) is 0. The number of ether oxygens (including phenoxy) is 2. The summed E-state index contributed by atoms with van der Waals surface area (Å²) in [5, 5.41) is 7.43. The third-order valence-electron chi connectivity index (χ3n) is 5.18. The van der Waals surface area contributed by atoms with Crippen LogP contribution in [0.1, 0.15) is 38.5 Å². The van der Waals surface area contributed by atoms with E-state index >= 15 is 0 Å². The minimum atomic E-state index is -0.0730. The van der Waals surface area contributed by atoms with E-state index in [4.69, 9.17) is 9.47 Å². The lowest BCUT2D eigenvalue weighted by atomic mass is 9.89. The van der Waals surface area contributed by atoms with Crippen molar-refractivity contribution in [2.45, 2.75) is 51.2 Å². The van der Waals surface area contributed by atoms with Crippen molar-refractivity contribution in [3.63, 3.8) is 0 Å². The molecule has 140 valence electrons. The molecule has 1 atom stereocenters. The van der Waals surface area contributed by atoms with Crippen molar-refractivity contribution < 1.29 is 14.3 Å². The van der Waals surface area contributed by atoms with Crippen LogP contribution in [0.15, 0.2) is 12.3 Å². The maximum absolute atomic E-state index is 12.6. The summed E-state index contributed by atoms with van der Waals surface area (Å²) >= 11 is 0. The number of hydrogen-bond donors (Lipinski definition) is 1. The van der Waals surface area contributed by atoms with Gasteiger partial charge in [-0.2, -0.15) is 5.10 Å². The molecule has 1 N–H and O–H groups in total. The van der Waals surface area contributed by atoms with Crippen LogP contribution in [0.5, 0.6) is 0 Å². The fourth-order valence-corrected chi connectivity index (χ4v) is 3.71. The summed E-state index contributed by atoms with van der Waals surface area (Å²) in [6.45, 7) is 3.33. The molecule has 1 saturated carbocycles. The van der Waals surface area contributed by atoms with E-state index < -0.39 is 0 Å². The molecule has 2 fully saturated rings. The van der Waals surface area contributed by atoms with Gasteiger partial charge in [0.05, 0.1) is 18.9 Å². The number of urea groups is 1. The second kappa shape index (κ2) is 9.20. The summed E-state index contributed by atoms with van der Waals surface area (Å²) in [4.78, 5) is 14.4. The molecule has 1 aromatic rings. The number of carbonyl (C=O) groups is 1. The van der Waals surface area contributed by atoms with Crippen LogP contribution in [0.4, 0.5) is 10.6 Å². The van der Waals surface area contributed by atoms with Gasteiger partial charge in [-0.15, -0.1) is 0 Å². The Morgan fingerprint density at radius 2 is 2.24 bits per heavy atom. The first kappa shape index (κ1) is 18.2. The van der Waals surface area contributed by atoms with Crippen molar-refractivity contribution >= 4 is 11.8 Å². The van der Waals surface area contributed by atoms with Crippen molar-refractivity contribution in [3.05, 3.63) is 12.3 Å². The number of amides is 2. The average Bonchev–Trinajstić information content (AvgIpc) is 3.07. The molecule has 7 nitrogen and oxygen atoms in total. The largest absolute Gasteiger partial charge is 0.385 e. The third-order valence-corrected chi connectivity index (χ3v) is 5.18. The predicted molar refractivity (Wildman–Crippen MR) is 95.6 cm³/mol. The summed E-state index contributed by atoms with van der Waals surface area (Å²) < 4.78 is 12.7. The minimum absolute atomic E-state index is 0.0478. The predicted octanol–water partition coefficient (Wildman–Crippen LogP) is 2.73. The molecule has 0 radical (unpaired) electrons. The minimum Gasteiger partial charge on any atom is -0.385 e. The van der Waals surface area contributed by atoms with Crippen LogP contribution in [-0.4, -0.2) is 60.2 Å². The van der Waals surface area contributed by atoms with E-state index in [2.05, 4.69) is 10.4 Å². The first-order valence-corrected chi connectivity index (χ1v) is 9.44. The molecule has 1 saturated heterocycles. The Labute approximate surface area is 149 Å². The van der Waals surface area contributed by atoms with Crippen molar-refractivity contribution in [1.82, 2.24) is 14.7 Å². The fourth-order valence-electron chi connectivity index (χ4n) is 3.71. The van der Waals surface area contributed by atoms with E-state index in [-0.39, 0.29) is 12.1 Å². The highest BCUT2D eigenvalue weighted by atomic mass is 16.5. The Kier molecular flexibility index (Phi) is 6.69. The van der Waals surface area contributed by atoms with E-state index in [1.807, 2.05) is 15.6 Å². The molecule has 0 unspecified atom stereocenters. The molecular formula is C18H30N4O3. The summed E-state index contributed by atoms with van der Waals surface area (Å²) in [6.07, 6.45) is 9.11. The number of rotatable bonds is 6. The Morgan fingerprint density at radius 3 is 3.04 bits per heavy atom. The first-order chi connectivity index (χ1) is 12.3. The van der Waals surface area contributed by atoms with E-state index in [0.29, 0.717) is 32.2 Å². The quantitative estimate of drug-likeness (QED) is 0.856. The van der Waals surface area contributed by atoms with Crippen molar-refractivity contribution in [2.75, 3.05) is 38.7 Å². The highest BCUT2D eigenvalue weighted by Gasteiger charge is 2.25. The van der Waals surface area contributed by atoms with E-state index in [9.17, 15) is 4.79 Å². The third kappa shape index (κ3) is 5.19. The van der Waals surface area contributed by atoms with Crippen LogP contribution < -0.4 is 5.32 Å². The molecule has 25 heavy (non-hydrogen) atoms. The molecule has 0 aromatic carbocycles. The summed E-state index contributed by atoms with van der Waals surface area (Å²) in [7, 11) is 1.68. The molecule has 1 aliphatic carbocycles. The molecule has 2 heterocycles. The van der Waals surface area contributed by atoms with Crippen molar-refractivity contribution in [1.29, 1.82) is 0 Å². The summed E-state index contributed by atoms with van der Waals surface area (Å²) in [6, 6.07) is 1.81. The van der Waals surface area contributed by atoms with Crippen LogP contribution in [0, 0.1) is 5.92 Å². The Bertz CT molecular complexity index is 542. The Balaban J connectivity index is 1.53. The monoisotopic (exact) mass is 350 g/mol. The van der Waals surface area contributed by atoms with Crippen molar-refractivity contribution in [2.24, 2.45) is 5.92 Å². The second-order valence-corrected chi connectivity index (χ2v) is 7.05. The summed E-state index contributed by atoms with van der Waals surface area (Å²) in [5.74, 6) is 1.46. The first-order valence-electron chi connectivity index (χ1n) is 9.44. The van der Waals surface area contributed by atoms with Gasteiger partial charge in [-0.05, 0) is 25.2 Å². The zero-order valence-electron chi connectivity index (χ0n) is 15.2. The van der Waals surface area contributed by atoms with Gasteiger partial charge in [-0.3, -0.25) is 5.32 Å². The lowest BCUT2D eigenvalue weighted by molar-refractivity contribution is -0.0260. The van der Waals surface area contributed by atoms with Gasteiger partial charge in [-0.1, -0.05) is 19.3 Å². The number of nitrogens with one attached hydrogen (secondary N) is 1. The van der Waals surface area contributed by atoms with Gasteiger partial charge in [0.2, 0.25) is 0 Å². The second-order valence-electron chi connectivity index (χ2n) is 7.05. The van der Waals surface area contributed by atoms with Gasteiger partial charge >= 0.3 is 6.03 Å². The van der Waals surface area contributed by atoms with Crippen LogP contribution in [0.3, 0.4) is 0 Å². The average molecular weight is 350 g/mol. The fraction of sp³-hybridized carbons (Fsp3) is 0.778. The van der Waals surface area contributed by atoms with E-state index in [0.717, 1.165) is 18.8 Å². The molecule has 1 aliphatic heterocycles. The molecule has 3 rings (SSSR count). The zero-order chi connectivity index (χ0) is 17.5. The maximum Gasteiger partial charge on any atom is 0.323 e. The number of nitrogens with zero attached hydrogens (tertiary/aromatic N) is 3. The molecule has 0 bridgehead atoms. The number of morpholine rings is 1. The highest BCUT2D eigenvalue weighted by molar-refractivity contribution is 5.88. The SMILES string of the molecule is COCC[C@H]1CN(C(=O)Nc2ccnn2CC2CCCCC2)CCO1. The van der Waals surface area contributed by atoms with Gasteiger partial charge in [-0.25, -0.2) is 9.48 Å². The molecule has 2 amide bonds. The Hall–Kier alpha value is -1.60. The van der Waals surface area contributed by atoms with Gasteiger partial charge in [0.1, 0.15) is 5.82 Å². The lowest BCUT2D eigenvalue weighted by Gasteiger charge is -2.33. The topological polar surface area (TPSA) is 68.6 Å². The molecule has 1 aromatic heterocycles. The van der Waals surface area contributed by atoms with Crippen LogP contribution in [0.25, 0.3) is 0 Å². The van der Waals surface area contributed by atoms with Crippen LogP contribution in [0.2, 0.25) is 0 Å². The van der Waals surface area contributed by atoms with E-state index in [1.54, 1.807) is 13.3 Å². The molecule has 0 spiro atoms. The number of carbonyl (C=O) groups excluding carboxylic acids is 1. The number of aromatic nitrogens is 2. The lowest BCUT2D eigenvalue weighted by Crippen LogP contribution is -2.47. The smallest absolute Gasteiger partial charge is 0.323 e. The Morgan fingerprint density at radius 1 is 1.40 bits per heavy atom. The van der Waals surface area contributed by atoms with Crippen molar-refractivity contribution in [3.8, 4) is 0 Å². The standard InChI is InChI=1S/C18H30N4O3/c1-24-11-8-16-14-21(10-12-25-16)18(23)20-17-7-9-19-22(17)13-15-5-3-2-4-6-15/h7,9,15-16H,2-6,8,10-14H2,1H3,(H,20,23)/t16-/m0/s1. The zero-order valence-corrected chi connectivity index (χ0v) is 15.2. The number of anilines is 1. The number of hydrogen-bond acceptors (Lipinski definition) is 4.